The molecule has 0 radical (unpaired) electrons. The van der Waals surface area contributed by atoms with Gasteiger partial charge in [-0.15, -0.1) is 0 Å². The molecule has 0 aliphatic heterocycles. The van der Waals surface area contributed by atoms with Crippen molar-refractivity contribution in [3.8, 4) is 0 Å². The summed E-state index contributed by atoms with van der Waals surface area (Å²) in [6.45, 7) is 5.73. The smallest absolute Gasteiger partial charge is 0.240 e. The summed E-state index contributed by atoms with van der Waals surface area (Å²) in [6, 6.07) is 47.5. The monoisotopic (exact) mass is 616 g/mol. The predicted molar refractivity (Wildman–Crippen MR) is 206 cm³/mol. The van der Waals surface area contributed by atoms with E-state index < -0.39 is 6.15 Å². The van der Waals surface area contributed by atoms with Gasteiger partial charge in [-0.05, 0) is 29.0 Å². The maximum absolute atomic E-state index is 2.40. The van der Waals surface area contributed by atoms with Gasteiger partial charge in [0.25, 0.3) is 0 Å². The van der Waals surface area contributed by atoms with Crippen molar-refractivity contribution < 1.29 is 4.57 Å². The number of aromatic nitrogens is 2. The zero-order valence-corrected chi connectivity index (χ0v) is 28.5. The van der Waals surface area contributed by atoms with Crippen molar-refractivity contribution in [2.45, 2.75) is 65.2 Å². The Morgan fingerprint density at radius 3 is 1.38 bits per heavy atom. The fraction of sp³-hybridized carbons (Fsp3) is 0.250. The molecule has 0 aliphatic carbocycles. The van der Waals surface area contributed by atoms with Crippen molar-refractivity contribution in [1.29, 1.82) is 0 Å². The van der Waals surface area contributed by atoms with E-state index in [1.807, 2.05) is 0 Å². The van der Waals surface area contributed by atoms with Crippen LogP contribution in [0.4, 0.5) is 0 Å². The van der Waals surface area contributed by atoms with Gasteiger partial charge in [0.15, 0.2) is 0 Å². The van der Waals surface area contributed by atoms with Gasteiger partial charge in [-0.1, -0.05) is 183 Å². The molecule has 47 heavy (non-hydrogen) atoms. The molecule has 0 amide bonds. The molecule has 0 fully saturated rings. The lowest BCUT2D eigenvalue weighted by Crippen LogP contribution is -2.67. The molecule has 2 nitrogen and oxygen atoms in total. The van der Waals surface area contributed by atoms with Crippen molar-refractivity contribution in [3.05, 3.63) is 146 Å². The molecule has 1 aromatic heterocycles. The fourth-order valence-electron chi connectivity index (χ4n) is 7.88. The molecule has 7 rings (SSSR count). The molecule has 6 aromatic carbocycles. The van der Waals surface area contributed by atoms with Crippen LogP contribution in [0.5, 0.6) is 0 Å². The van der Waals surface area contributed by atoms with E-state index in [1.165, 1.54) is 93.8 Å². The highest BCUT2D eigenvalue weighted by Crippen LogP contribution is 2.27. The van der Waals surface area contributed by atoms with Crippen LogP contribution in [0.2, 0.25) is 6.32 Å². The Hall–Kier alpha value is -4.63. The van der Waals surface area contributed by atoms with Crippen LogP contribution in [-0.2, 0) is 13.6 Å². The predicted octanol–water partition coefficient (Wildman–Crippen LogP) is 9.31. The Kier molecular flexibility index (Phi) is 10.5. The van der Waals surface area contributed by atoms with Crippen LogP contribution >= 0.6 is 0 Å². The number of unbranched alkanes of at least 4 members (excludes halogenated alkanes) is 4. The van der Waals surface area contributed by atoms with Gasteiger partial charge >= 0.3 is 0 Å². The normalized spacial score (nSPS) is 11.6. The summed E-state index contributed by atoms with van der Waals surface area (Å²) < 4.78 is 4.33. The molecule has 238 valence electrons. The topological polar surface area (TPSA) is 8.81 Å². The first-order valence-corrected chi connectivity index (χ1v) is 17.8. The highest BCUT2D eigenvalue weighted by atomic mass is 15.1. The number of imidazole rings is 1. The van der Waals surface area contributed by atoms with E-state index in [9.17, 15) is 0 Å². The van der Waals surface area contributed by atoms with Gasteiger partial charge in [0, 0.05) is 0 Å². The lowest BCUT2D eigenvalue weighted by molar-refractivity contribution is -0.671. The maximum atomic E-state index is 2.40. The molecule has 7 aromatic rings. The summed E-state index contributed by atoms with van der Waals surface area (Å²) in [5.74, 6) is 0. The van der Waals surface area contributed by atoms with Gasteiger partial charge in [-0.2, -0.15) is 22.7 Å². The molecule has 0 atom stereocenters. The number of hydrogen-bond donors (Lipinski definition) is 0. The molecule has 0 saturated carbocycles. The third-order valence-corrected chi connectivity index (χ3v) is 10.1. The van der Waals surface area contributed by atoms with Crippen molar-refractivity contribution in [2.24, 2.45) is 7.05 Å². The Morgan fingerprint density at radius 1 is 0.511 bits per heavy atom. The molecule has 0 aliphatic rings. The number of benzene rings is 6. The zero-order valence-electron chi connectivity index (χ0n) is 28.5. The van der Waals surface area contributed by atoms with Gasteiger partial charge in [0.1, 0.15) is 12.4 Å². The van der Waals surface area contributed by atoms with Crippen molar-refractivity contribution in [3.63, 3.8) is 0 Å². The maximum Gasteiger partial charge on any atom is 0.243 e. The quantitative estimate of drug-likeness (QED) is 0.0778. The lowest BCUT2D eigenvalue weighted by atomic mass is 9.13. The highest BCUT2D eigenvalue weighted by molar-refractivity contribution is 7.14. The van der Waals surface area contributed by atoms with Crippen LogP contribution in [0.15, 0.2) is 146 Å². The van der Waals surface area contributed by atoms with E-state index in [0.29, 0.717) is 0 Å². The number of fused-ring (bicyclic) bond motifs is 3. The Labute approximate surface area is 281 Å². The SMILES string of the molecule is CCCCCCn1cc[n+](C)c1.CCCC[B-](c1cccc2ccccc12)(c1cccc2ccccc12)c1cccc2ccccc12. The molecule has 0 spiro atoms. The third-order valence-electron chi connectivity index (χ3n) is 10.1. The molecule has 0 N–H and O–H groups in total. The number of hydrogen-bond acceptors (Lipinski definition) is 0. The van der Waals surface area contributed by atoms with Crippen molar-refractivity contribution in [2.75, 3.05) is 0 Å². The fourth-order valence-corrected chi connectivity index (χ4v) is 7.88. The van der Waals surface area contributed by atoms with Crippen LogP contribution in [-0.4, -0.2) is 10.7 Å². The number of aryl methyl sites for hydroxylation is 2. The number of nitrogens with zero attached hydrogens (tertiary/aromatic N) is 2. The number of rotatable bonds is 11. The minimum atomic E-state index is -1.25. The average molecular weight is 617 g/mol. The molecular weight excluding hydrogens is 567 g/mol. The summed E-state index contributed by atoms with van der Waals surface area (Å²) in [5.41, 5.74) is 4.39. The second kappa shape index (κ2) is 15.3. The Morgan fingerprint density at radius 2 is 0.957 bits per heavy atom. The summed E-state index contributed by atoms with van der Waals surface area (Å²) in [7, 11) is 2.06. The largest absolute Gasteiger partial charge is 0.243 e. The standard InChI is InChI=1S/C34H30B.C10H19N2/c1-2-3-25-35(32-22-10-16-26-13-4-7-19-29(26)32,33-23-11-17-27-14-5-8-20-30(27)33)34-24-12-18-28-15-6-9-21-31(28)34;1-3-4-5-6-7-12-9-8-11(2)10-12/h4-24H,2-3,25H2,1H3;8-10H,3-7H2,1-2H3/q-1;+1. The summed E-state index contributed by atoms with van der Waals surface area (Å²) in [5, 5.41) is 8.04. The second-order valence-electron chi connectivity index (χ2n) is 13.3. The summed E-state index contributed by atoms with van der Waals surface area (Å²) >= 11 is 0. The van der Waals surface area contributed by atoms with Crippen LogP contribution < -0.4 is 21.0 Å². The van der Waals surface area contributed by atoms with Gasteiger partial charge < -0.3 is 0 Å². The van der Waals surface area contributed by atoms with Crippen LogP contribution in [0.25, 0.3) is 32.3 Å². The molecule has 1 heterocycles. The molecule has 0 unspecified atom stereocenters. The first-order valence-electron chi connectivity index (χ1n) is 17.8. The van der Waals surface area contributed by atoms with E-state index in [4.69, 9.17) is 0 Å². The van der Waals surface area contributed by atoms with Gasteiger partial charge in [-0.25, -0.2) is 9.13 Å². The molecule has 0 saturated heterocycles. The lowest BCUT2D eigenvalue weighted by Gasteiger charge is -2.45. The van der Waals surface area contributed by atoms with E-state index in [1.54, 1.807) is 0 Å². The highest BCUT2D eigenvalue weighted by Gasteiger charge is 2.33. The van der Waals surface area contributed by atoms with E-state index in [2.05, 4.69) is 176 Å². The van der Waals surface area contributed by atoms with Gasteiger partial charge in [-0.3, -0.25) is 0 Å². The van der Waals surface area contributed by atoms with Gasteiger partial charge in [0.2, 0.25) is 6.33 Å². The minimum Gasteiger partial charge on any atom is -0.240 e. The zero-order chi connectivity index (χ0) is 32.5. The first kappa shape index (κ1) is 32.3. The Bertz CT molecular complexity index is 1850. The minimum absolute atomic E-state index is 1.12. The van der Waals surface area contributed by atoms with E-state index in [-0.39, 0.29) is 0 Å². The first-order chi connectivity index (χ1) is 23.2. The van der Waals surface area contributed by atoms with Gasteiger partial charge in [0.05, 0.1) is 19.7 Å². The van der Waals surface area contributed by atoms with Crippen LogP contribution in [0.1, 0.15) is 52.4 Å². The third kappa shape index (κ3) is 6.91. The van der Waals surface area contributed by atoms with Crippen LogP contribution in [0.3, 0.4) is 0 Å². The summed E-state index contributed by atoms with van der Waals surface area (Å²) in [6.07, 6.45) is 13.9. The molecular formula is C44H49BN2. The second-order valence-corrected chi connectivity index (χ2v) is 13.3. The average Bonchev–Trinajstić information content (AvgIpc) is 3.55. The van der Waals surface area contributed by atoms with E-state index in [0.717, 1.165) is 6.32 Å². The summed E-state index contributed by atoms with van der Waals surface area (Å²) in [4.78, 5) is 0. The molecule has 3 heteroatoms. The molecule has 0 bridgehead atoms. The van der Waals surface area contributed by atoms with Crippen molar-refractivity contribution >= 4 is 54.9 Å². The van der Waals surface area contributed by atoms with Crippen molar-refractivity contribution in [1.82, 2.24) is 4.57 Å². The van der Waals surface area contributed by atoms with Crippen LogP contribution in [0, 0.1) is 0 Å². The van der Waals surface area contributed by atoms with E-state index >= 15 is 0 Å². The Balaban J connectivity index is 0.000000273.